The third-order valence-corrected chi connectivity index (χ3v) is 4.45. The molecule has 2 N–H and O–H groups in total. The van der Waals surface area contributed by atoms with Crippen molar-refractivity contribution in [2.75, 3.05) is 13.6 Å². The van der Waals surface area contributed by atoms with Crippen LogP contribution in [-0.4, -0.2) is 46.6 Å². The van der Waals surface area contributed by atoms with Crippen molar-refractivity contribution in [2.24, 2.45) is 0 Å². The average Bonchev–Trinajstić information content (AvgIpc) is 2.90. The molecule has 24 heavy (non-hydrogen) atoms. The van der Waals surface area contributed by atoms with Crippen LogP contribution in [0, 0.1) is 5.41 Å². The van der Waals surface area contributed by atoms with E-state index in [4.69, 9.17) is 17.0 Å². The summed E-state index contributed by atoms with van der Waals surface area (Å²) in [6, 6.07) is 5.56. The molecule has 3 rings (SSSR count). The predicted molar refractivity (Wildman–Crippen MR) is 95.1 cm³/mol. The van der Waals surface area contributed by atoms with Crippen molar-refractivity contribution in [3.8, 4) is 0 Å². The van der Waals surface area contributed by atoms with Gasteiger partial charge in [-0.3, -0.25) is 9.78 Å². The van der Waals surface area contributed by atoms with Gasteiger partial charge in [0.15, 0.2) is 0 Å². The zero-order chi connectivity index (χ0) is 17.1. The number of hydrogen-bond donors (Lipinski definition) is 2. The fourth-order valence-corrected chi connectivity index (χ4v) is 2.91. The number of allylic oxidation sites excluding steroid dienone is 1. The Bertz CT molecular complexity index is 820. The number of fused-ring (bicyclic) bond motifs is 1. The normalized spacial score (nSPS) is 18.2. The van der Waals surface area contributed by atoms with Crippen molar-refractivity contribution in [3.63, 3.8) is 0 Å². The van der Waals surface area contributed by atoms with Gasteiger partial charge < -0.3 is 15.6 Å². The van der Waals surface area contributed by atoms with Gasteiger partial charge in [0, 0.05) is 55.8 Å². The first-order valence-corrected chi connectivity index (χ1v) is 8.08. The second-order valence-electron chi connectivity index (χ2n) is 5.75. The van der Waals surface area contributed by atoms with E-state index in [0.29, 0.717) is 29.2 Å². The summed E-state index contributed by atoms with van der Waals surface area (Å²) in [6.07, 6.45) is 6.21. The lowest BCUT2D eigenvalue weighted by Gasteiger charge is -2.19. The molecular weight excluding hydrogens is 326 g/mol. The quantitative estimate of drug-likeness (QED) is 0.645. The van der Waals surface area contributed by atoms with Gasteiger partial charge in [-0.2, -0.15) is 0 Å². The molecule has 1 amide bonds. The van der Waals surface area contributed by atoms with Crippen LogP contribution in [-0.2, 0) is 4.79 Å². The Kier molecular flexibility index (Phi) is 4.76. The SMILES string of the molecule is CN1C(=O)CC[C@H]1CN/C=C(\C=N)c1cnc2ccc(Cl)nc2c1. The van der Waals surface area contributed by atoms with Gasteiger partial charge in [0.25, 0.3) is 0 Å². The van der Waals surface area contributed by atoms with Crippen LogP contribution in [0.5, 0.6) is 0 Å². The number of aromatic nitrogens is 2. The van der Waals surface area contributed by atoms with E-state index in [1.165, 1.54) is 6.21 Å². The maximum atomic E-state index is 11.5. The highest BCUT2D eigenvalue weighted by molar-refractivity contribution is 6.29. The summed E-state index contributed by atoms with van der Waals surface area (Å²) in [7, 11) is 1.82. The molecule has 0 saturated carbocycles. The van der Waals surface area contributed by atoms with Crippen molar-refractivity contribution in [2.45, 2.75) is 18.9 Å². The minimum atomic E-state index is 0.180. The molecule has 0 radical (unpaired) electrons. The largest absolute Gasteiger partial charge is 0.388 e. The molecule has 0 bridgehead atoms. The van der Waals surface area contributed by atoms with Crippen LogP contribution in [0.3, 0.4) is 0 Å². The summed E-state index contributed by atoms with van der Waals surface area (Å²) in [5, 5.41) is 11.3. The Morgan fingerprint density at radius 2 is 2.33 bits per heavy atom. The number of likely N-dealkylation sites (N-methyl/N-ethyl adjacent to an activating group) is 1. The number of hydrogen-bond acceptors (Lipinski definition) is 5. The van der Waals surface area contributed by atoms with Crippen molar-refractivity contribution in [1.29, 1.82) is 5.41 Å². The van der Waals surface area contributed by atoms with Crippen molar-refractivity contribution < 1.29 is 4.79 Å². The predicted octanol–water partition coefficient (Wildman–Crippen LogP) is 2.48. The van der Waals surface area contributed by atoms with Gasteiger partial charge in [-0.25, -0.2) is 4.98 Å². The summed E-state index contributed by atoms with van der Waals surface area (Å²) >= 11 is 5.92. The van der Waals surface area contributed by atoms with E-state index in [1.54, 1.807) is 23.4 Å². The van der Waals surface area contributed by atoms with Crippen LogP contribution in [0.15, 0.2) is 30.6 Å². The third kappa shape index (κ3) is 3.38. The molecule has 2 aromatic rings. The van der Waals surface area contributed by atoms with Crippen LogP contribution in [0.4, 0.5) is 0 Å². The Hall–Kier alpha value is -2.47. The monoisotopic (exact) mass is 343 g/mol. The molecule has 0 aliphatic carbocycles. The van der Waals surface area contributed by atoms with Gasteiger partial charge in [0.1, 0.15) is 5.15 Å². The Balaban J connectivity index is 1.75. The molecule has 124 valence electrons. The Morgan fingerprint density at radius 1 is 1.50 bits per heavy atom. The lowest BCUT2D eigenvalue weighted by atomic mass is 10.1. The lowest BCUT2D eigenvalue weighted by Crippen LogP contribution is -2.35. The van der Waals surface area contributed by atoms with E-state index in [9.17, 15) is 4.79 Å². The first-order valence-electron chi connectivity index (χ1n) is 7.71. The lowest BCUT2D eigenvalue weighted by molar-refractivity contribution is -0.127. The summed E-state index contributed by atoms with van der Waals surface area (Å²) in [4.78, 5) is 21.9. The molecule has 1 fully saturated rings. The smallest absolute Gasteiger partial charge is 0.222 e. The molecule has 2 aromatic heterocycles. The van der Waals surface area contributed by atoms with E-state index in [-0.39, 0.29) is 11.9 Å². The maximum absolute atomic E-state index is 11.5. The number of nitrogens with zero attached hydrogens (tertiary/aromatic N) is 3. The van der Waals surface area contributed by atoms with Gasteiger partial charge in [-0.05, 0) is 24.6 Å². The number of amides is 1. The Morgan fingerprint density at radius 3 is 3.04 bits per heavy atom. The summed E-state index contributed by atoms with van der Waals surface area (Å²) in [5.41, 5.74) is 2.93. The standard InChI is InChI=1S/C17H18ClN5O/c1-23-13(2-5-17(23)24)10-20-8-12(7-19)11-6-15-14(21-9-11)3-4-16(18)22-15/h3-4,6-9,13,19-20H,2,5,10H2,1H3/b12-8+,19-7?/t13-/m0/s1. The molecule has 1 saturated heterocycles. The molecule has 1 aliphatic rings. The fraction of sp³-hybridized carbons (Fsp3) is 0.294. The molecule has 7 heteroatoms. The third-order valence-electron chi connectivity index (χ3n) is 4.24. The number of carbonyl (C=O) groups excluding carboxylic acids is 1. The number of rotatable bonds is 5. The topological polar surface area (TPSA) is 82.0 Å². The zero-order valence-electron chi connectivity index (χ0n) is 13.3. The van der Waals surface area contributed by atoms with Gasteiger partial charge in [-0.15, -0.1) is 0 Å². The molecule has 3 heterocycles. The maximum Gasteiger partial charge on any atom is 0.222 e. The van der Waals surface area contributed by atoms with Crippen LogP contribution < -0.4 is 5.32 Å². The molecule has 0 spiro atoms. The molecule has 1 atom stereocenters. The molecule has 6 nitrogen and oxygen atoms in total. The molecule has 1 aliphatic heterocycles. The van der Waals surface area contributed by atoms with E-state index < -0.39 is 0 Å². The van der Waals surface area contributed by atoms with E-state index in [2.05, 4.69) is 15.3 Å². The number of halogens is 1. The summed E-state index contributed by atoms with van der Waals surface area (Å²) in [5.74, 6) is 0.180. The van der Waals surface area contributed by atoms with Crippen LogP contribution in [0.2, 0.25) is 5.15 Å². The highest BCUT2D eigenvalue weighted by Crippen LogP contribution is 2.19. The molecule has 0 unspecified atom stereocenters. The van der Waals surface area contributed by atoms with Crippen molar-refractivity contribution >= 4 is 40.3 Å². The molecule has 0 aromatic carbocycles. The molecular formula is C17H18ClN5O. The van der Waals surface area contributed by atoms with Crippen LogP contribution >= 0.6 is 11.6 Å². The number of likely N-dealkylation sites (tertiary alicyclic amines) is 1. The summed E-state index contributed by atoms with van der Waals surface area (Å²) < 4.78 is 0. The highest BCUT2D eigenvalue weighted by atomic mass is 35.5. The minimum Gasteiger partial charge on any atom is -0.388 e. The van der Waals surface area contributed by atoms with Crippen molar-refractivity contribution in [3.05, 3.63) is 41.3 Å². The fourth-order valence-electron chi connectivity index (χ4n) is 2.76. The van der Waals surface area contributed by atoms with Gasteiger partial charge in [-0.1, -0.05) is 11.6 Å². The second kappa shape index (κ2) is 6.97. The van der Waals surface area contributed by atoms with E-state index >= 15 is 0 Å². The van der Waals surface area contributed by atoms with Gasteiger partial charge >= 0.3 is 0 Å². The number of carbonyl (C=O) groups is 1. The van der Waals surface area contributed by atoms with Gasteiger partial charge in [0.2, 0.25) is 5.91 Å². The Labute approximate surface area is 145 Å². The van der Waals surface area contributed by atoms with Gasteiger partial charge in [0.05, 0.1) is 11.0 Å². The van der Waals surface area contributed by atoms with E-state index in [1.807, 2.05) is 19.2 Å². The summed E-state index contributed by atoms with van der Waals surface area (Å²) in [6.45, 7) is 0.657. The highest BCUT2D eigenvalue weighted by Gasteiger charge is 2.26. The zero-order valence-corrected chi connectivity index (χ0v) is 14.0. The minimum absolute atomic E-state index is 0.180. The average molecular weight is 344 g/mol. The first kappa shape index (κ1) is 16.4. The number of nitrogens with one attached hydrogen (secondary N) is 2. The van der Waals surface area contributed by atoms with E-state index in [0.717, 1.165) is 17.5 Å². The van der Waals surface area contributed by atoms with Crippen molar-refractivity contribution in [1.82, 2.24) is 20.2 Å². The van der Waals surface area contributed by atoms with Crippen LogP contribution in [0.1, 0.15) is 18.4 Å². The van der Waals surface area contributed by atoms with Crippen LogP contribution in [0.25, 0.3) is 16.6 Å². The number of pyridine rings is 2. The first-order chi connectivity index (χ1) is 11.6. The second-order valence-corrected chi connectivity index (χ2v) is 6.13.